The third-order valence-electron chi connectivity index (χ3n) is 0.780. The highest BCUT2D eigenvalue weighted by molar-refractivity contribution is 5.88. The number of aliphatic carboxylic acids is 4. The molecule has 11 heteroatoms. The van der Waals surface area contributed by atoms with Gasteiger partial charge in [0.15, 0.2) is 6.54 Å². The molecule has 0 aliphatic heterocycles. The summed E-state index contributed by atoms with van der Waals surface area (Å²) in [4.78, 5) is 37.5. The molecule has 0 rings (SSSR count). The fourth-order valence-corrected chi connectivity index (χ4v) is 0.139. The fraction of sp³-hybridized carbons (Fsp3) is 0.250. The summed E-state index contributed by atoms with van der Waals surface area (Å²) in [7, 11) is 0. The first-order chi connectivity index (χ1) is 8.17. The summed E-state index contributed by atoms with van der Waals surface area (Å²) in [6.07, 6.45) is 0.942. The molecule has 11 nitrogen and oxygen atoms in total. The Bertz CT molecular complexity index is 283. The third-order valence-corrected chi connectivity index (χ3v) is 0.780. The van der Waals surface area contributed by atoms with Gasteiger partial charge in [0.25, 0.3) is 0 Å². The van der Waals surface area contributed by atoms with Gasteiger partial charge >= 0.3 is 11.9 Å². The van der Waals surface area contributed by atoms with Gasteiger partial charge in [0.05, 0.1) is 11.9 Å². The Kier molecular flexibility index (Phi) is 23.9. The maximum absolute atomic E-state index is 9.53. The minimum Gasteiger partial charge on any atom is -0.545 e. The average Bonchev–Trinajstić information content (AvgIpc) is 2.27. The van der Waals surface area contributed by atoms with E-state index in [-0.39, 0.29) is 18.6 Å². The zero-order chi connectivity index (χ0) is 15.1. The number of carbonyl (C=O) groups is 4. The van der Waals surface area contributed by atoms with Crippen LogP contribution >= 0.6 is 0 Å². The Morgan fingerprint density at radius 3 is 1.32 bits per heavy atom. The molecular formula is C8H16N2O9. The van der Waals surface area contributed by atoms with Crippen molar-refractivity contribution >= 4 is 23.9 Å². The lowest BCUT2D eigenvalue weighted by Gasteiger charge is -1.85. The number of carbonyl (C=O) groups excluding carboxylic acids is 2. The minimum absolute atomic E-state index is 0. The topological polar surface area (TPSA) is 242 Å². The molecule has 0 bridgehead atoms. The lowest BCUT2D eigenvalue weighted by atomic mass is 10.5. The van der Waals surface area contributed by atoms with Crippen molar-refractivity contribution < 1.29 is 56.5 Å². The summed E-state index contributed by atoms with van der Waals surface area (Å²) in [6, 6.07) is 0. The van der Waals surface area contributed by atoms with Gasteiger partial charge in [-0.25, -0.2) is 9.59 Å². The predicted octanol–water partition coefficient (Wildman–Crippen LogP) is -7.16. The van der Waals surface area contributed by atoms with Gasteiger partial charge in [-0.1, -0.05) is 0 Å². The van der Waals surface area contributed by atoms with Crippen LogP contribution in [0.4, 0.5) is 0 Å². The highest BCUT2D eigenvalue weighted by Gasteiger charge is 1.85. The lowest BCUT2D eigenvalue weighted by Crippen LogP contribution is -2.58. The van der Waals surface area contributed by atoms with E-state index >= 15 is 0 Å². The maximum Gasteiger partial charge on any atom is 0.359 e. The van der Waals surface area contributed by atoms with Gasteiger partial charge in [0.1, 0.15) is 6.54 Å². The molecule has 0 aromatic rings. The van der Waals surface area contributed by atoms with Crippen LogP contribution < -0.4 is 21.7 Å². The average molecular weight is 284 g/mol. The van der Waals surface area contributed by atoms with Crippen molar-refractivity contribution in [3.05, 3.63) is 12.2 Å². The van der Waals surface area contributed by atoms with Crippen LogP contribution in [0.3, 0.4) is 0 Å². The van der Waals surface area contributed by atoms with Crippen LogP contribution in [-0.2, 0) is 19.2 Å². The van der Waals surface area contributed by atoms with Crippen molar-refractivity contribution in [3.63, 3.8) is 0 Å². The Morgan fingerprint density at radius 1 is 0.947 bits per heavy atom. The molecule has 0 amide bonds. The number of rotatable bonds is 4. The van der Waals surface area contributed by atoms with Crippen LogP contribution in [0.15, 0.2) is 12.2 Å². The quantitative estimate of drug-likeness (QED) is 0.360. The van der Waals surface area contributed by atoms with E-state index in [1.54, 1.807) is 0 Å². The molecule has 0 aromatic carbocycles. The molecule has 0 saturated carbocycles. The molecule has 10 N–H and O–H groups in total. The molecule has 112 valence electrons. The van der Waals surface area contributed by atoms with Gasteiger partial charge in [-0.05, 0) is 6.08 Å². The highest BCUT2D eigenvalue weighted by atomic mass is 16.4. The van der Waals surface area contributed by atoms with Crippen molar-refractivity contribution in [1.82, 2.24) is 0 Å². The Hall–Kier alpha value is -2.50. The van der Waals surface area contributed by atoms with E-state index in [0.717, 1.165) is 0 Å². The normalized spacial score (nSPS) is 7.89. The number of quaternary nitrogens is 2. The van der Waals surface area contributed by atoms with Gasteiger partial charge in [0, 0.05) is 6.08 Å². The molecule has 0 spiro atoms. The minimum atomic E-state index is -1.51. The van der Waals surface area contributed by atoms with Gasteiger partial charge in [0.2, 0.25) is 0 Å². The van der Waals surface area contributed by atoms with E-state index in [1.807, 2.05) is 0 Å². The number of hydrogen-bond donors (Lipinski definition) is 4. The molecule has 0 heterocycles. The summed E-state index contributed by atoms with van der Waals surface area (Å²) in [6.45, 7) is -0.167. The summed E-state index contributed by atoms with van der Waals surface area (Å²) < 4.78 is 0. The molecule has 0 unspecified atom stereocenters. The first kappa shape index (κ1) is 25.4. The molecule has 0 fully saturated rings. The molecule has 0 aliphatic rings. The van der Waals surface area contributed by atoms with E-state index in [9.17, 15) is 29.4 Å². The highest BCUT2D eigenvalue weighted by Crippen LogP contribution is 1.67. The van der Waals surface area contributed by atoms with Crippen molar-refractivity contribution in [2.75, 3.05) is 13.1 Å². The smallest absolute Gasteiger partial charge is 0.359 e. The van der Waals surface area contributed by atoms with Crippen molar-refractivity contribution in [1.29, 1.82) is 0 Å². The van der Waals surface area contributed by atoms with E-state index in [4.69, 9.17) is 10.2 Å². The van der Waals surface area contributed by atoms with Crippen LogP contribution in [0, 0.1) is 0 Å². The second-order valence-electron chi connectivity index (χ2n) is 2.26. The first-order valence-electron chi connectivity index (χ1n) is 4.29. The zero-order valence-corrected chi connectivity index (χ0v) is 9.83. The van der Waals surface area contributed by atoms with Gasteiger partial charge < -0.3 is 47.0 Å². The summed E-state index contributed by atoms with van der Waals surface area (Å²) >= 11 is 0. The zero-order valence-electron chi connectivity index (χ0n) is 9.83. The van der Waals surface area contributed by atoms with Gasteiger partial charge in [-0.15, -0.1) is 0 Å². The molecule has 0 atom stereocenters. The SMILES string of the molecule is O.O=C([O-])/C=C/C(=O)O.[NH3+]CC(=O)O.[NH3+]CC(=O)[O-]. The Balaban J connectivity index is -0.0000000906. The molecular weight excluding hydrogens is 268 g/mol. The van der Waals surface area contributed by atoms with E-state index < -0.39 is 23.9 Å². The van der Waals surface area contributed by atoms with Crippen molar-refractivity contribution in [2.24, 2.45) is 0 Å². The van der Waals surface area contributed by atoms with Gasteiger partial charge in [-0.2, -0.15) is 0 Å². The number of hydrogen-bond acceptors (Lipinski definition) is 6. The molecule has 19 heavy (non-hydrogen) atoms. The second-order valence-corrected chi connectivity index (χ2v) is 2.26. The third kappa shape index (κ3) is 66.9. The number of carboxylic acid groups (broad SMARTS) is 4. The fourth-order valence-electron chi connectivity index (χ4n) is 0.139. The molecule has 0 radical (unpaired) electrons. The predicted molar refractivity (Wildman–Crippen MR) is 53.5 cm³/mol. The maximum atomic E-state index is 9.53. The first-order valence-corrected chi connectivity index (χ1v) is 4.29. The van der Waals surface area contributed by atoms with Crippen LogP contribution in [0.1, 0.15) is 0 Å². The summed E-state index contributed by atoms with van der Waals surface area (Å²) in [5.74, 6) is -4.77. The largest absolute Gasteiger partial charge is 0.545 e. The van der Waals surface area contributed by atoms with Crippen molar-refractivity contribution in [2.45, 2.75) is 0 Å². The lowest BCUT2D eigenvalue weighted by molar-refractivity contribution is -0.396. The molecule has 0 saturated heterocycles. The van der Waals surface area contributed by atoms with E-state index in [2.05, 4.69) is 11.5 Å². The van der Waals surface area contributed by atoms with E-state index in [1.165, 1.54) is 0 Å². The second kappa shape index (κ2) is 17.9. The van der Waals surface area contributed by atoms with Crippen LogP contribution in [-0.4, -0.2) is 52.7 Å². The summed E-state index contributed by atoms with van der Waals surface area (Å²) in [5.41, 5.74) is 6.11. The van der Waals surface area contributed by atoms with Gasteiger partial charge in [-0.3, -0.25) is 0 Å². The van der Waals surface area contributed by atoms with Crippen LogP contribution in [0.2, 0.25) is 0 Å². The van der Waals surface area contributed by atoms with E-state index in [0.29, 0.717) is 12.2 Å². The molecule has 0 aliphatic carbocycles. The number of carboxylic acids is 4. The summed E-state index contributed by atoms with van der Waals surface area (Å²) in [5, 5.41) is 34.1. The Morgan fingerprint density at radius 2 is 1.26 bits per heavy atom. The molecule has 0 aromatic heterocycles. The monoisotopic (exact) mass is 284 g/mol. The van der Waals surface area contributed by atoms with Crippen LogP contribution in [0.5, 0.6) is 0 Å². The van der Waals surface area contributed by atoms with Crippen molar-refractivity contribution in [3.8, 4) is 0 Å². The van der Waals surface area contributed by atoms with Crippen LogP contribution in [0.25, 0.3) is 0 Å². The Labute approximate surface area is 107 Å². The standard InChI is InChI=1S/C4H4O4.2C2H5NO2.H2O/c5-3(6)1-2-4(7)8;2*3-1-2(4)5;/h1-2H,(H,5,6)(H,7,8);2*1,3H2,(H,4,5);1H2/b2-1+;;;.